The molecule has 0 aromatic carbocycles. The molecule has 0 aliphatic carbocycles. The van der Waals surface area contributed by atoms with E-state index in [-0.39, 0.29) is 11.9 Å². The molecule has 140 valence electrons. The van der Waals surface area contributed by atoms with Crippen LogP contribution in [0.5, 0.6) is 0 Å². The Kier molecular flexibility index (Phi) is 6.35. The molecule has 1 aliphatic heterocycles. The van der Waals surface area contributed by atoms with Gasteiger partial charge < -0.3 is 15.0 Å². The van der Waals surface area contributed by atoms with Crippen LogP contribution >= 0.6 is 0 Å². The first kappa shape index (κ1) is 18.5. The highest BCUT2D eigenvalue weighted by molar-refractivity contribution is 5.76. The van der Waals surface area contributed by atoms with Crippen molar-refractivity contribution in [1.29, 1.82) is 0 Å². The first-order valence-corrected chi connectivity index (χ1v) is 9.24. The van der Waals surface area contributed by atoms with Gasteiger partial charge in [0.05, 0.1) is 12.1 Å². The van der Waals surface area contributed by atoms with Crippen molar-refractivity contribution in [2.45, 2.75) is 51.4 Å². The van der Waals surface area contributed by atoms with Crippen LogP contribution in [-0.2, 0) is 24.3 Å². The molecule has 0 radical (unpaired) electrons. The number of aromatic nitrogens is 3. The summed E-state index contributed by atoms with van der Waals surface area (Å²) in [7, 11) is 0. The highest BCUT2D eigenvalue weighted by Crippen LogP contribution is 2.14. The predicted molar refractivity (Wildman–Crippen MR) is 98.3 cm³/mol. The molecule has 3 rings (SSSR count). The average Bonchev–Trinajstić information content (AvgIpc) is 3.11. The minimum atomic E-state index is -0.552. The van der Waals surface area contributed by atoms with Gasteiger partial charge in [-0.3, -0.25) is 14.7 Å². The Labute approximate surface area is 154 Å². The number of carbonyl (C=O) groups excluding carboxylic acids is 1. The van der Waals surface area contributed by atoms with E-state index in [0.717, 1.165) is 37.3 Å². The van der Waals surface area contributed by atoms with Gasteiger partial charge >= 0.3 is 0 Å². The van der Waals surface area contributed by atoms with Gasteiger partial charge in [0, 0.05) is 63.8 Å². The smallest absolute Gasteiger partial charge is 0.222 e. The maximum atomic E-state index is 12.2. The highest BCUT2D eigenvalue weighted by atomic mass is 16.3. The number of nitrogens with one attached hydrogen (secondary N) is 1. The Bertz CT molecular complexity index is 703. The second-order valence-corrected chi connectivity index (χ2v) is 6.77. The maximum absolute atomic E-state index is 12.2. The lowest BCUT2D eigenvalue weighted by Crippen LogP contribution is -2.53. The molecule has 2 aromatic heterocycles. The predicted octanol–water partition coefficient (Wildman–Crippen LogP) is 0.982. The van der Waals surface area contributed by atoms with Gasteiger partial charge in [-0.2, -0.15) is 0 Å². The number of carbonyl (C=O) groups is 1. The van der Waals surface area contributed by atoms with Crippen LogP contribution in [0.3, 0.4) is 0 Å². The van der Waals surface area contributed by atoms with Crippen LogP contribution in [0.25, 0.3) is 0 Å². The number of aliphatic hydroxyl groups is 1. The van der Waals surface area contributed by atoms with E-state index in [2.05, 4.69) is 27.1 Å². The second-order valence-electron chi connectivity index (χ2n) is 6.77. The largest absolute Gasteiger partial charge is 0.390 e. The molecule has 0 unspecified atom stereocenters. The molecule has 3 heterocycles. The number of pyridine rings is 1. The van der Waals surface area contributed by atoms with E-state index in [0.29, 0.717) is 19.5 Å². The molecule has 2 aromatic rings. The van der Waals surface area contributed by atoms with Crippen molar-refractivity contribution in [3.05, 3.63) is 48.3 Å². The van der Waals surface area contributed by atoms with Crippen molar-refractivity contribution in [3.63, 3.8) is 0 Å². The summed E-state index contributed by atoms with van der Waals surface area (Å²) in [6, 6.07) is 3.78. The first-order chi connectivity index (χ1) is 12.7. The summed E-state index contributed by atoms with van der Waals surface area (Å²) in [6.45, 7) is 4.84. The van der Waals surface area contributed by atoms with Gasteiger partial charge in [-0.1, -0.05) is 13.0 Å². The number of piperidine rings is 1. The van der Waals surface area contributed by atoms with Crippen molar-refractivity contribution in [2.24, 2.45) is 0 Å². The van der Waals surface area contributed by atoms with Crippen LogP contribution in [0.2, 0.25) is 0 Å². The number of β-amino-alcohol motifs (C(OH)–C–C–N with tert-alkyl or cyclic N) is 1. The zero-order valence-corrected chi connectivity index (χ0v) is 15.2. The third-order valence-corrected chi connectivity index (χ3v) is 4.84. The number of amides is 1. The van der Waals surface area contributed by atoms with Crippen molar-refractivity contribution in [3.8, 4) is 0 Å². The highest BCUT2D eigenvalue weighted by Gasteiger charge is 2.28. The van der Waals surface area contributed by atoms with E-state index in [9.17, 15) is 9.90 Å². The summed E-state index contributed by atoms with van der Waals surface area (Å²) >= 11 is 0. The van der Waals surface area contributed by atoms with E-state index in [1.807, 2.05) is 29.1 Å². The maximum Gasteiger partial charge on any atom is 0.222 e. The Hall–Kier alpha value is -2.25. The van der Waals surface area contributed by atoms with Crippen LogP contribution in [0.4, 0.5) is 0 Å². The Balaban J connectivity index is 1.43. The lowest BCUT2D eigenvalue weighted by Gasteiger charge is -2.36. The van der Waals surface area contributed by atoms with Crippen LogP contribution in [0, 0.1) is 0 Å². The van der Waals surface area contributed by atoms with Gasteiger partial charge in [0.25, 0.3) is 0 Å². The van der Waals surface area contributed by atoms with Crippen molar-refractivity contribution < 1.29 is 9.90 Å². The number of aliphatic hydroxyl groups excluding tert-OH is 1. The molecule has 0 saturated carbocycles. The quantitative estimate of drug-likeness (QED) is 0.772. The van der Waals surface area contributed by atoms with Gasteiger partial charge in [0.2, 0.25) is 5.91 Å². The number of hydrogen-bond donors (Lipinski definition) is 2. The number of nitrogens with zero attached hydrogens (tertiary/aromatic N) is 4. The zero-order chi connectivity index (χ0) is 18.4. The molecule has 26 heavy (non-hydrogen) atoms. The molecule has 1 saturated heterocycles. The van der Waals surface area contributed by atoms with E-state index in [1.54, 1.807) is 12.4 Å². The standard InChI is InChI=1S/C19H27N5O2/c1-2-18-21-8-11-24(18)10-6-19(26)22-16-5-9-23(14-17(16)25)13-15-4-3-7-20-12-15/h3-4,7-8,11-12,16-17,25H,2,5-6,9-10,13-14H2,1H3,(H,22,26)/t16-,17-/m1/s1. The van der Waals surface area contributed by atoms with Gasteiger partial charge in [-0.15, -0.1) is 0 Å². The van der Waals surface area contributed by atoms with Gasteiger partial charge in [0.15, 0.2) is 0 Å². The SMILES string of the molecule is CCc1nccn1CCC(=O)N[C@@H]1CCN(Cc2cccnc2)C[C@H]1O. The lowest BCUT2D eigenvalue weighted by atomic mass is 10.0. The summed E-state index contributed by atoms with van der Waals surface area (Å²) in [5.74, 6) is 0.965. The number of aryl methyl sites for hydroxylation is 2. The number of likely N-dealkylation sites (tertiary alicyclic amines) is 1. The molecule has 1 fully saturated rings. The monoisotopic (exact) mass is 357 g/mol. The summed E-state index contributed by atoms with van der Waals surface area (Å²) in [5.41, 5.74) is 1.13. The fourth-order valence-corrected chi connectivity index (χ4v) is 3.42. The van der Waals surface area contributed by atoms with Crippen molar-refractivity contribution >= 4 is 5.91 Å². The molecule has 1 aliphatic rings. The summed E-state index contributed by atoms with van der Waals surface area (Å²) in [5, 5.41) is 13.4. The molecular formula is C19H27N5O2. The summed E-state index contributed by atoms with van der Waals surface area (Å²) in [6.07, 6.45) is 8.71. The van der Waals surface area contributed by atoms with Crippen LogP contribution in [-0.4, -0.2) is 55.7 Å². The Morgan fingerprint density at radius 2 is 2.31 bits per heavy atom. The van der Waals surface area contributed by atoms with Gasteiger partial charge in [-0.05, 0) is 18.1 Å². The van der Waals surface area contributed by atoms with Crippen LogP contribution < -0.4 is 5.32 Å². The van der Waals surface area contributed by atoms with E-state index in [4.69, 9.17) is 0 Å². The Morgan fingerprint density at radius 1 is 1.42 bits per heavy atom. The fraction of sp³-hybridized carbons (Fsp3) is 0.526. The van der Waals surface area contributed by atoms with Crippen LogP contribution in [0.15, 0.2) is 36.9 Å². The van der Waals surface area contributed by atoms with Gasteiger partial charge in [-0.25, -0.2) is 4.98 Å². The number of imidazole rings is 1. The minimum Gasteiger partial charge on any atom is -0.390 e. The fourth-order valence-electron chi connectivity index (χ4n) is 3.42. The third-order valence-electron chi connectivity index (χ3n) is 4.84. The van der Waals surface area contributed by atoms with Gasteiger partial charge in [0.1, 0.15) is 5.82 Å². The molecule has 2 atom stereocenters. The molecule has 7 nitrogen and oxygen atoms in total. The normalized spacial score (nSPS) is 20.8. The van der Waals surface area contributed by atoms with Crippen molar-refractivity contribution in [2.75, 3.05) is 13.1 Å². The summed E-state index contributed by atoms with van der Waals surface area (Å²) < 4.78 is 2.01. The molecule has 0 bridgehead atoms. The van der Waals surface area contributed by atoms with Crippen molar-refractivity contribution in [1.82, 2.24) is 24.8 Å². The molecule has 1 amide bonds. The lowest BCUT2D eigenvalue weighted by molar-refractivity contribution is -0.123. The second kappa shape index (κ2) is 8.91. The molecule has 0 spiro atoms. The molecule has 2 N–H and O–H groups in total. The zero-order valence-electron chi connectivity index (χ0n) is 15.2. The van der Waals surface area contributed by atoms with E-state index in [1.165, 1.54) is 0 Å². The van der Waals surface area contributed by atoms with E-state index < -0.39 is 6.10 Å². The Morgan fingerprint density at radius 3 is 3.04 bits per heavy atom. The third kappa shape index (κ3) is 4.89. The topological polar surface area (TPSA) is 83.3 Å². The average molecular weight is 357 g/mol. The minimum absolute atomic E-state index is 0.0227. The van der Waals surface area contributed by atoms with Crippen LogP contribution in [0.1, 0.15) is 31.2 Å². The molecular weight excluding hydrogens is 330 g/mol. The number of hydrogen-bond acceptors (Lipinski definition) is 5. The molecule has 7 heteroatoms. The van der Waals surface area contributed by atoms with E-state index >= 15 is 0 Å². The summed E-state index contributed by atoms with van der Waals surface area (Å²) in [4.78, 5) is 22.8. The first-order valence-electron chi connectivity index (χ1n) is 9.24. The number of rotatable bonds is 7.